The highest BCUT2D eigenvalue weighted by molar-refractivity contribution is 7.13. The molecule has 112 valence electrons. The minimum atomic E-state index is -0.246. The Kier molecular flexibility index (Phi) is 4.20. The third-order valence-corrected chi connectivity index (χ3v) is 3.76. The summed E-state index contributed by atoms with van der Waals surface area (Å²) in [6, 6.07) is 11.1. The molecule has 0 unspecified atom stereocenters. The van der Waals surface area contributed by atoms with Gasteiger partial charge in [-0.05, 0) is 25.1 Å². The molecule has 0 saturated carbocycles. The van der Waals surface area contributed by atoms with Gasteiger partial charge in [0.05, 0.1) is 11.3 Å². The predicted octanol–water partition coefficient (Wildman–Crippen LogP) is 3.88. The van der Waals surface area contributed by atoms with Crippen LogP contribution in [-0.2, 0) is 6.61 Å². The molecule has 0 spiro atoms. The topological polar surface area (TPSA) is 64.4 Å². The normalized spacial score (nSPS) is 10.4. The van der Waals surface area contributed by atoms with E-state index in [2.05, 4.69) is 10.3 Å². The fourth-order valence-electron chi connectivity index (χ4n) is 1.83. The SMILES string of the molecule is Cc1csc(NC(=O)c2coc(COc3ccccc3)c2)n1. The number of nitrogens with zero attached hydrogens (tertiary/aromatic N) is 1. The molecule has 0 aliphatic heterocycles. The third kappa shape index (κ3) is 3.53. The molecule has 0 saturated heterocycles. The second kappa shape index (κ2) is 6.44. The first-order valence-corrected chi connectivity index (χ1v) is 7.57. The summed E-state index contributed by atoms with van der Waals surface area (Å²) in [5.74, 6) is 1.09. The molecule has 1 amide bonds. The number of carbonyl (C=O) groups excluding carboxylic acids is 1. The molecule has 2 heterocycles. The summed E-state index contributed by atoms with van der Waals surface area (Å²) < 4.78 is 10.9. The summed E-state index contributed by atoms with van der Waals surface area (Å²) in [4.78, 5) is 16.3. The second-order valence-electron chi connectivity index (χ2n) is 4.65. The van der Waals surface area contributed by atoms with Crippen LogP contribution >= 0.6 is 11.3 Å². The lowest BCUT2D eigenvalue weighted by molar-refractivity contribution is 0.102. The second-order valence-corrected chi connectivity index (χ2v) is 5.51. The van der Waals surface area contributed by atoms with Crippen molar-refractivity contribution in [2.75, 3.05) is 5.32 Å². The van der Waals surface area contributed by atoms with Gasteiger partial charge >= 0.3 is 0 Å². The van der Waals surface area contributed by atoms with Crippen molar-refractivity contribution < 1.29 is 13.9 Å². The van der Waals surface area contributed by atoms with Gasteiger partial charge in [-0.15, -0.1) is 11.3 Å². The van der Waals surface area contributed by atoms with Crippen LogP contribution in [0.3, 0.4) is 0 Å². The van der Waals surface area contributed by atoms with Crippen molar-refractivity contribution in [1.82, 2.24) is 4.98 Å². The number of hydrogen-bond acceptors (Lipinski definition) is 5. The zero-order valence-corrected chi connectivity index (χ0v) is 12.7. The molecule has 3 rings (SSSR count). The van der Waals surface area contributed by atoms with E-state index in [0.29, 0.717) is 16.5 Å². The van der Waals surface area contributed by atoms with Gasteiger partial charge in [0.2, 0.25) is 0 Å². The fraction of sp³-hybridized carbons (Fsp3) is 0.125. The molecule has 22 heavy (non-hydrogen) atoms. The van der Waals surface area contributed by atoms with Crippen LogP contribution in [0, 0.1) is 6.92 Å². The van der Waals surface area contributed by atoms with Crippen LogP contribution in [0.4, 0.5) is 5.13 Å². The van der Waals surface area contributed by atoms with Gasteiger partial charge in [-0.1, -0.05) is 18.2 Å². The van der Waals surface area contributed by atoms with E-state index in [0.717, 1.165) is 11.4 Å². The number of amides is 1. The Labute approximate surface area is 131 Å². The highest BCUT2D eigenvalue weighted by Crippen LogP contribution is 2.17. The Bertz CT molecular complexity index is 765. The Hall–Kier alpha value is -2.60. The number of nitrogens with one attached hydrogen (secondary N) is 1. The number of aromatic nitrogens is 1. The molecule has 0 radical (unpaired) electrons. The van der Waals surface area contributed by atoms with E-state index in [1.165, 1.54) is 17.6 Å². The van der Waals surface area contributed by atoms with Crippen molar-refractivity contribution in [2.24, 2.45) is 0 Å². The van der Waals surface area contributed by atoms with Crippen molar-refractivity contribution in [3.63, 3.8) is 0 Å². The van der Waals surface area contributed by atoms with Gasteiger partial charge in [0.25, 0.3) is 5.91 Å². The fourth-order valence-corrected chi connectivity index (χ4v) is 2.51. The highest BCUT2D eigenvalue weighted by Gasteiger charge is 2.12. The number of rotatable bonds is 5. The predicted molar refractivity (Wildman–Crippen MR) is 84.3 cm³/mol. The molecule has 5 nitrogen and oxygen atoms in total. The third-order valence-electron chi connectivity index (χ3n) is 2.88. The van der Waals surface area contributed by atoms with E-state index in [1.807, 2.05) is 42.6 Å². The van der Waals surface area contributed by atoms with Gasteiger partial charge in [0.1, 0.15) is 24.4 Å². The smallest absolute Gasteiger partial charge is 0.260 e. The van der Waals surface area contributed by atoms with E-state index in [1.54, 1.807) is 6.07 Å². The average molecular weight is 314 g/mol. The number of benzene rings is 1. The lowest BCUT2D eigenvalue weighted by atomic mass is 10.3. The lowest BCUT2D eigenvalue weighted by Crippen LogP contribution is -2.10. The molecule has 0 atom stereocenters. The van der Waals surface area contributed by atoms with Crippen LogP contribution < -0.4 is 10.1 Å². The molecule has 6 heteroatoms. The van der Waals surface area contributed by atoms with Crippen molar-refractivity contribution in [1.29, 1.82) is 0 Å². The molecular weight excluding hydrogens is 300 g/mol. The maximum Gasteiger partial charge on any atom is 0.260 e. The van der Waals surface area contributed by atoms with Gasteiger partial charge in [-0.3, -0.25) is 10.1 Å². The molecule has 3 aromatic rings. The largest absolute Gasteiger partial charge is 0.486 e. The molecule has 0 bridgehead atoms. The van der Waals surface area contributed by atoms with Gasteiger partial charge < -0.3 is 9.15 Å². The minimum Gasteiger partial charge on any atom is -0.486 e. The summed E-state index contributed by atoms with van der Waals surface area (Å²) in [6.07, 6.45) is 1.42. The zero-order chi connectivity index (χ0) is 15.4. The number of hydrogen-bond donors (Lipinski definition) is 1. The summed E-state index contributed by atoms with van der Waals surface area (Å²) in [7, 11) is 0. The van der Waals surface area contributed by atoms with Crippen LogP contribution in [0.5, 0.6) is 5.75 Å². The summed E-state index contributed by atoms with van der Waals surface area (Å²) >= 11 is 1.39. The number of carbonyl (C=O) groups is 1. The standard InChI is InChI=1S/C16H14N2O3S/c1-11-10-22-16(17-11)18-15(19)12-7-14(20-8-12)9-21-13-5-3-2-4-6-13/h2-8,10H,9H2,1H3,(H,17,18,19). The molecule has 1 N–H and O–H groups in total. The quantitative estimate of drug-likeness (QED) is 0.776. The first kappa shape index (κ1) is 14.3. The van der Waals surface area contributed by atoms with Crippen LogP contribution in [0.15, 0.2) is 52.5 Å². The van der Waals surface area contributed by atoms with Gasteiger partial charge in [0.15, 0.2) is 5.13 Å². The molecule has 0 aliphatic rings. The zero-order valence-electron chi connectivity index (χ0n) is 11.9. The summed E-state index contributed by atoms with van der Waals surface area (Å²) in [5, 5.41) is 5.19. The summed E-state index contributed by atoms with van der Waals surface area (Å²) in [5.41, 5.74) is 1.32. The highest BCUT2D eigenvalue weighted by atomic mass is 32.1. The van der Waals surface area contributed by atoms with E-state index in [-0.39, 0.29) is 12.5 Å². The monoisotopic (exact) mass is 314 g/mol. The number of aryl methyl sites for hydroxylation is 1. The molecule has 2 aromatic heterocycles. The van der Waals surface area contributed by atoms with E-state index in [4.69, 9.17) is 9.15 Å². The Balaban J connectivity index is 1.59. The molecule has 1 aromatic carbocycles. The Morgan fingerprint density at radius 2 is 2.18 bits per heavy atom. The van der Waals surface area contributed by atoms with Crippen LogP contribution in [-0.4, -0.2) is 10.9 Å². The first-order chi connectivity index (χ1) is 10.7. The number of thiazole rings is 1. The molecule has 0 aliphatic carbocycles. The van der Waals surface area contributed by atoms with E-state index < -0.39 is 0 Å². The summed E-state index contributed by atoms with van der Waals surface area (Å²) in [6.45, 7) is 2.15. The minimum absolute atomic E-state index is 0.246. The van der Waals surface area contributed by atoms with Gasteiger partial charge in [-0.2, -0.15) is 0 Å². The van der Waals surface area contributed by atoms with E-state index >= 15 is 0 Å². The number of furan rings is 1. The van der Waals surface area contributed by atoms with Crippen molar-refractivity contribution >= 4 is 22.4 Å². The van der Waals surface area contributed by atoms with Crippen LogP contribution in [0.2, 0.25) is 0 Å². The van der Waals surface area contributed by atoms with E-state index in [9.17, 15) is 4.79 Å². The molecule has 0 fully saturated rings. The number of para-hydroxylation sites is 1. The van der Waals surface area contributed by atoms with Crippen molar-refractivity contribution in [3.8, 4) is 5.75 Å². The van der Waals surface area contributed by atoms with Crippen molar-refractivity contribution in [3.05, 3.63) is 65.1 Å². The average Bonchev–Trinajstić information content (AvgIpc) is 3.15. The van der Waals surface area contributed by atoms with Crippen molar-refractivity contribution in [2.45, 2.75) is 13.5 Å². The van der Waals surface area contributed by atoms with Gasteiger partial charge in [0, 0.05) is 5.38 Å². The Morgan fingerprint density at radius 3 is 2.91 bits per heavy atom. The number of anilines is 1. The Morgan fingerprint density at radius 1 is 1.36 bits per heavy atom. The van der Waals surface area contributed by atoms with Crippen LogP contribution in [0.25, 0.3) is 0 Å². The number of ether oxygens (including phenoxy) is 1. The maximum atomic E-state index is 12.1. The van der Waals surface area contributed by atoms with Gasteiger partial charge in [-0.25, -0.2) is 4.98 Å². The molecular formula is C16H14N2O3S. The first-order valence-electron chi connectivity index (χ1n) is 6.69. The maximum absolute atomic E-state index is 12.1. The lowest BCUT2D eigenvalue weighted by Gasteiger charge is -2.02. The van der Waals surface area contributed by atoms with Crippen LogP contribution in [0.1, 0.15) is 21.8 Å².